The first-order chi connectivity index (χ1) is 27.2. The summed E-state index contributed by atoms with van der Waals surface area (Å²) < 4.78 is 9.60. The Morgan fingerprint density at radius 3 is 2.18 bits per heavy atom. The minimum atomic E-state index is -2.08. The van der Waals surface area contributed by atoms with Crippen molar-refractivity contribution in [3.63, 3.8) is 0 Å². The van der Waals surface area contributed by atoms with Gasteiger partial charge in [0.15, 0.2) is 0 Å². The van der Waals surface area contributed by atoms with E-state index < -0.39 is 8.07 Å². The second kappa shape index (κ2) is 11.2. The lowest BCUT2D eigenvalue weighted by atomic mass is 9.46. The molecule has 0 spiro atoms. The van der Waals surface area contributed by atoms with Crippen LogP contribution in [-0.4, -0.2) is 14.9 Å². The molecule has 0 saturated carbocycles. The van der Waals surface area contributed by atoms with Crippen LogP contribution in [0.2, 0.25) is 13.1 Å². The predicted octanol–water partition coefficient (Wildman–Crippen LogP) is 11.6. The van der Waals surface area contributed by atoms with Crippen molar-refractivity contribution < 1.29 is 4.42 Å². The van der Waals surface area contributed by atoms with E-state index >= 15 is 0 Å². The number of hydrogen-bond donors (Lipinski definition) is 0. The van der Waals surface area contributed by atoms with E-state index in [4.69, 9.17) is 4.42 Å². The summed E-state index contributed by atoms with van der Waals surface area (Å²) in [7, 11) is -2.08. The molecule has 6 heteroatoms. The third kappa shape index (κ3) is 4.18. The van der Waals surface area contributed by atoms with E-state index in [0.717, 1.165) is 11.2 Å². The molecule has 0 aliphatic carbocycles. The average Bonchev–Trinajstić information content (AvgIpc) is 3.79. The van der Waals surface area contributed by atoms with E-state index in [1.165, 1.54) is 97.7 Å². The zero-order valence-corrected chi connectivity index (χ0v) is 34.0. The fraction of sp³-hybridized carbons (Fsp3) is 0.120. The zero-order chi connectivity index (χ0) is 37.7. The van der Waals surface area contributed by atoms with E-state index in [1.807, 2.05) is 11.3 Å². The second-order valence-electron chi connectivity index (χ2n) is 17.3. The second-order valence-corrected chi connectivity index (χ2v) is 22.7. The maximum Gasteiger partial charge on any atom is 0.343 e. The molecule has 0 radical (unpaired) electrons. The van der Waals surface area contributed by atoms with Gasteiger partial charge in [-0.05, 0) is 68.3 Å². The first-order valence-corrected chi connectivity index (χ1v) is 23.5. The van der Waals surface area contributed by atoms with Gasteiger partial charge in [-0.25, -0.2) is 0 Å². The van der Waals surface area contributed by atoms with Crippen molar-refractivity contribution in [3.8, 4) is 22.3 Å². The number of rotatable bonds is 2. The SMILES string of the molecule is CC(C)(C)c1ccc(N2c3cc4oc5ccccc5c4c4c3B(c3sc5ccccc5c32)N2c3ccccc3[Si](C)(C)c3cccc-4c32)c(-c2ccccc2)c1. The summed E-state index contributed by atoms with van der Waals surface area (Å²) in [5.41, 5.74) is 15.9. The predicted molar refractivity (Wildman–Crippen MR) is 244 cm³/mol. The zero-order valence-electron chi connectivity index (χ0n) is 32.1. The van der Waals surface area contributed by atoms with Gasteiger partial charge in [-0.3, -0.25) is 0 Å². The number of hydrogen-bond acceptors (Lipinski definition) is 4. The van der Waals surface area contributed by atoms with Crippen molar-refractivity contribution in [3.05, 3.63) is 151 Å². The molecule has 12 rings (SSSR count). The lowest BCUT2D eigenvalue weighted by Crippen LogP contribution is -2.68. The number of para-hydroxylation sites is 3. The van der Waals surface area contributed by atoms with Crippen molar-refractivity contribution in [2.75, 3.05) is 9.71 Å². The molecule has 3 aliphatic heterocycles. The molecule has 0 N–H and O–H groups in total. The Morgan fingerprint density at radius 2 is 1.34 bits per heavy atom. The number of fused-ring (bicyclic) bond motifs is 12. The summed E-state index contributed by atoms with van der Waals surface area (Å²) in [6.07, 6.45) is 0. The molecule has 0 unspecified atom stereocenters. The van der Waals surface area contributed by atoms with Gasteiger partial charge in [0, 0.05) is 59.9 Å². The highest BCUT2D eigenvalue weighted by atomic mass is 32.1. The molecule has 0 amide bonds. The number of thiophene rings is 1. The minimum Gasteiger partial charge on any atom is -0.456 e. The third-order valence-corrected chi connectivity index (χ3v) is 17.5. The van der Waals surface area contributed by atoms with Gasteiger partial charge >= 0.3 is 6.85 Å². The van der Waals surface area contributed by atoms with Gasteiger partial charge in [-0.2, -0.15) is 0 Å². The molecule has 0 atom stereocenters. The Bertz CT molecular complexity index is 3140. The topological polar surface area (TPSA) is 19.6 Å². The molecule has 5 heterocycles. The van der Waals surface area contributed by atoms with Crippen LogP contribution in [0.3, 0.4) is 0 Å². The van der Waals surface area contributed by atoms with Crippen LogP contribution < -0.4 is 30.3 Å². The molecule has 2 aromatic heterocycles. The first-order valence-electron chi connectivity index (χ1n) is 19.7. The molecule has 3 aliphatic rings. The molecule has 0 saturated heterocycles. The lowest BCUT2D eigenvalue weighted by molar-refractivity contribution is 0.590. The van der Waals surface area contributed by atoms with E-state index in [0.29, 0.717) is 0 Å². The monoisotopic (exact) mass is 754 g/mol. The van der Waals surface area contributed by atoms with Crippen LogP contribution in [0, 0.1) is 0 Å². The van der Waals surface area contributed by atoms with Gasteiger partial charge in [0.1, 0.15) is 19.2 Å². The fourth-order valence-corrected chi connectivity index (χ4v) is 14.4. The molecule has 0 bridgehead atoms. The largest absolute Gasteiger partial charge is 0.456 e. The fourth-order valence-electron chi connectivity index (χ4n) is 10.1. The van der Waals surface area contributed by atoms with Crippen LogP contribution >= 0.6 is 11.3 Å². The first kappa shape index (κ1) is 32.4. The molecule has 0 fully saturated rings. The normalized spacial score (nSPS) is 14.9. The maximum atomic E-state index is 6.92. The van der Waals surface area contributed by atoms with Gasteiger partial charge in [0.05, 0.1) is 11.4 Å². The van der Waals surface area contributed by atoms with Crippen LogP contribution in [-0.2, 0) is 5.41 Å². The van der Waals surface area contributed by atoms with Crippen molar-refractivity contribution in [1.29, 1.82) is 0 Å². The smallest absolute Gasteiger partial charge is 0.343 e. The molecule has 268 valence electrons. The third-order valence-electron chi connectivity index (χ3n) is 12.8. The summed E-state index contributed by atoms with van der Waals surface area (Å²) in [6, 6.07) is 54.6. The minimum absolute atomic E-state index is 0.0121. The van der Waals surface area contributed by atoms with Crippen LogP contribution in [0.15, 0.2) is 150 Å². The highest BCUT2D eigenvalue weighted by Gasteiger charge is 2.52. The van der Waals surface area contributed by atoms with Gasteiger partial charge < -0.3 is 14.1 Å². The average molecular weight is 755 g/mol. The van der Waals surface area contributed by atoms with Crippen molar-refractivity contribution in [2.45, 2.75) is 39.3 Å². The number of anilines is 5. The van der Waals surface area contributed by atoms with Crippen LogP contribution in [0.25, 0.3) is 54.3 Å². The Labute approximate surface area is 332 Å². The highest BCUT2D eigenvalue weighted by Crippen LogP contribution is 2.54. The van der Waals surface area contributed by atoms with E-state index in [9.17, 15) is 0 Å². The van der Waals surface area contributed by atoms with Gasteiger partial charge in [0.2, 0.25) is 0 Å². The van der Waals surface area contributed by atoms with E-state index in [2.05, 4.69) is 189 Å². The maximum absolute atomic E-state index is 6.92. The molecular weight excluding hydrogens is 716 g/mol. The lowest BCUT2D eigenvalue weighted by Gasteiger charge is -2.50. The Balaban J connectivity index is 1.29. The quantitative estimate of drug-likeness (QED) is 0.164. The van der Waals surface area contributed by atoms with Crippen LogP contribution in [0.4, 0.5) is 28.4 Å². The highest BCUT2D eigenvalue weighted by molar-refractivity contribution is 7.32. The Morgan fingerprint density at radius 1 is 0.607 bits per heavy atom. The van der Waals surface area contributed by atoms with Crippen molar-refractivity contribution in [1.82, 2.24) is 0 Å². The summed E-state index contributed by atoms with van der Waals surface area (Å²) in [4.78, 5) is 5.35. The molecule has 56 heavy (non-hydrogen) atoms. The van der Waals surface area contributed by atoms with E-state index in [1.54, 1.807) is 0 Å². The Kier molecular flexibility index (Phi) is 6.46. The standard InChI is InChI=1S/C50H39BN2OSSi/c1-50(2,3)31-26-27-36(35(28-31)30-16-7-6-8-17-30)52-38-29-40-44(32-18-9-12-22-39(32)54-40)45-34-20-15-25-43-47(34)53(37-21-11-14-24-42(37)56(43,4)5)51(46(38)45)49-48(52)33-19-10-13-23-41(33)55-49/h6-29H,1-5H3. The number of nitrogens with zero attached hydrogens (tertiary/aromatic N) is 2. The van der Waals surface area contributed by atoms with Crippen molar-refractivity contribution in [2.24, 2.45) is 0 Å². The molecular formula is C50H39BN2OSSi. The van der Waals surface area contributed by atoms with Crippen LogP contribution in [0.1, 0.15) is 26.3 Å². The summed E-state index contributed by atoms with van der Waals surface area (Å²) in [6.45, 7) is 12.0. The summed E-state index contributed by atoms with van der Waals surface area (Å²) in [5.74, 6) is 0. The molecule has 3 nitrogen and oxygen atoms in total. The Hall–Kier alpha value is -5.82. The van der Waals surface area contributed by atoms with E-state index in [-0.39, 0.29) is 12.3 Å². The van der Waals surface area contributed by atoms with Crippen LogP contribution in [0.5, 0.6) is 0 Å². The van der Waals surface area contributed by atoms with Gasteiger partial charge in [0.25, 0.3) is 0 Å². The van der Waals surface area contributed by atoms with Gasteiger partial charge in [-0.15, -0.1) is 11.3 Å². The molecule has 9 aromatic rings. The number of benzene rings is 7. The molecule has 7 aromatic carbocycles. The number of furan rings is 1. The summed E-state index contributed by atoms with van der Waals surface area (Å²) >= 11 is 1.96. The van der Waals surface area contributed by atoms with Crippen molar-refractivity contribution >= 4 is 107 Å². The van der Waals surface area contributed by atoms with Gasteiger partial charge in [-0.1, -0.05) is 143 Å². The summed E-state index contributed by atoms with van der Waals surface area (Å²) in [5, 5.41) is 6.67.